The van der Waals surface area contributed by atoms with Crippen molar-refractivity contribution in [3.05, 3.63) is 24.3 Å². The van der Waals surface area contributed by atoms with Crippen LogP contribution in [0.25, 0.3) is 0 Å². The van der Waals surface area contributed by atoms with Crippen LogP contribution >= 0.6 is 0 Å². The van der Waals surface area contributed by atoms with E-state index in [1.807, 2.05) is 19.1 Å². The van der Waals surface area contributed by atoms with E-state index in [9.17, 15) is 9.59 Å². The van der Waals surface area contributed by atoms with Crippen LogP contribution in [0.1, 0.15) is 33.6 Å². The number of piperazine rings is 1. The molecule has 3 aliphatic rings. The Bertz CT molecular complexity index is 779. The standard InChI is InChI=1S/C24H37N5O3/c1-17-14-29(15-18(2)32-17)22-8-6-20(7-9-22)25-23(30)16-27-10-12-28(13-11-27)19(3)24(31)26-21-4-5-21/h6-9,17-19,21H,4-5,10-16H2,1-3H3,(H,25,30)(H,26,31). The first-order valence-corrected chi connectivity index (χ1v) is 11.9. The number of rotatable bonds is 7. The van der Waals surface area contributed by atoms with Gasteiger partial charge < -0.3 is 20.3 Å². The van der Waals surface area contributed by atoms with E-state index in [-0.39, 0.29) is 30.1 Å². The van der Waals surface area contributed by atoms with Crippen molar-refractivity contribution in [2.75, 3.05) is 56.0 Å². The highest BCUT2D eigenvalue weighted by atomic mass is 16.5. The molecule has 2 aliphatic heterocycles. The summed E-state index contributed by atoms with van der Waals surface area (Å²) in [4.78, 5) is 31.5. The molecule has 8 heteroatoms. The summed E-state index contributed by atoms with van der Waals surface area (Å²) >= 11 is 0. The third-order valence-electron chi connectivity index (χ3n) is 6.56. The van der Waals surface area contributed by atoms with Gasteiger partial charge in [0, 0.05) is 56.7 Å². The quantitative estimate of drug-likeness (QED) is 0.666. The number of carbonyl (C=O) groups excluding carboxylic acids is 2. The highest BCUT2D eigenvalue weighted by molar-refractivity contribution is 5.92. The number of nitrogens with zero attached hydrogens (tertiary/aromatic N) is 3. The topological polar surface area (TPSA) is 77.2 Å². The first kappa shape index (κ1) is 23.0. The lowest BCUT2D eigenvalue weighted by Crippen LogP contribution is -2.55. The van der Waals surface area contributed by atoms with Gasteiger partial charge in [0.15, 0.2) is 0 Å². The van der Waals surface area contributed by atoms with Crippen molar-refractivity contribution in [1.29, 1.82) is 0 Å². The zero-order valence-corrected chi connectivity index (χ0v) is 19.5. The Balaban J connectivity index is 1.20. The van der Waals surface area contributed by atoms with Crippen LogP contribution in [0.2, 0.25) is 0 Å². The van der Waals surface area contributed by atoms with Crippen LogP contribution < -0.4 is 15.5 Å². The minimum atomic E-state index is -0.109. The zero-order chi connectivity index (χ0) is 22.7. The number of carbonyl (C=O) groups is 2. The van der Waals surface area contributed by atoms with E-state index < -0.39 is 0 Å². The molecule has 8 nitrogen and oxygen atoms in total. The van der Waals surface area contributed by atoms with Crippen LogP contribution in [0.4, 0.5) is 11.4 Å². The van der Waals surface area contributed by atoms with E-state index in [0.717, 1.165) is 63.5 Å². The zero-order valence-electron chi connectivity index (χ0n) is 19.5. The average Bonchev–Trinajstić information content (AvgIpc) is 3.57. The number of hydrogen-bond donors (Lipinski definition) is 2. The molecule has 0 bridgehead atoms. The van der Waals surface area contributed by atoms with Crippen LogP contribution in [0.3, 0.4) is 0 Å². The largest absolute Gasteiger partial charge is 0.372 e. The summed E-state index contributed by atoms with van der Waals surface area (Å²) in [5.74, 6) is 0.127. The Hall–Kier alpha value is -2.16. The summed E-state index contributed by atoms with van der Waals surface area (Å²) in [6.07, 6.45) is 2.65. The lowest BCUT2D eigenvalue weighted by Gasteiger charge is -2.37. The Morgan fingerprint density at radius 2 is 1.66 bits per heavy atom. The number of morpholine rings is 1. The molecule has 32 heavy (non-hydrogen) atoms. The molecule has 2 N–H and O–H groups in total. The number of hydrogen-bond acceptors (Lipinski definition) is 6. The monoisotopic (exact) mass is 443 g/mol. The van der Waals surface area contributed by atoms with Gasteiger partial charge in [-0.1, -0.05) is 0 Å². The summed E-state index contributed by atoms with van der Waals surface area (Å²) in [6, 6.07) is 8.35. The second-order valence-electron chi connectivity index (χ2n) is 9.53. The van der Waals surface area contributed by atoms with Crippen molar-refractivity contribution in [1.82, 2.24) is 15.1 Å². The van der Waals surface area contributed by atoms with Gasteiger partial charge in [0.1, 0.15) is 0 Å². The van der Waals surface area contributed by atoms with Gasteiger partial charge in [-0.3, -0.25) is 19.4 Å². The fourth-order valence-electron chi connectivity index (χ4n) is 4.57. The van der Waals surface area contributed by atoms with Crippen molar-refractivity contribution in [3.63, 3.8) is 0 Å². The molecule has 2 saturated heterocycles. The molecule has 2 heterocycles. The van der Waals surface area contributed by atoms with Gasteiger partial charge in [-0.2, -0.15) is 0 Å². The predicted octanol–water partition coefficient (Wildman–Crippen LogP) is 1.52. The van der Waals surface area contributed by atoms with E-state index in [4.69, 9.17) is 4.74 Å². The molecule has 176 valence electrons. The number of nitrogens with one attached hydrogen (secondary N) is 2. The van der Waals surface area contributed by atoms with Crippen molar-refractivity contribution >= 4 is 23.2 Å². The molecule has 1 aromatic rings. The fraction of sp³-hybridized carbons (Fsp3) is 0.667. The highest BCUT2D eigenvalue weighted by Crippen LogP contribution is 2.22. The van der Waals surface area contributed by atoms with Crippen molar-refractivity contribution in [3.8, 4) is 0 Å². The van der Waals surface area contributed by atoms with Gasteiger partial charge >= 0.3 is 0 Å². The number of anilines is 2. The summed E-state index contributed by atoms with van der Waals surface area (Å²) in [6.45, 7) is 11.5. The van der Waals surface area contributed by atoms with E-state index in [1.165, 1.54) is 0 Å². The third kappa shape index (κ3) is 6.21. The highest BCUT2D eigenvalue weighted by Gasteiger charge is 2.30. The Morgan fingerprint density at radius 3 is 2.25 bits per heavy atom. The molecule has 3 atom stereocenters. The van der Waals surface area contributed by atoms with Gasteiger partial charge in [-0.05, 0) is 57.9 Å². The summed E-state index contributed by atoms with van der Waals surface area (Å²) in [7, 11) is 0. The first-order valence-electron chi connectivity index (χ1n) is 11.9. The van der Waals surface area contributed by atoms with Crippen LogP contribution in [-0.4, -0.2) is 91.7 Å². The molecular weight excluding hydrogens is 406 g/mol. The van der Waals surface area contributed by atoms with Gasteiger partial charge in [-0.15, -0.1) is 0 Å². The second kappa shape index (κ2) is 10.2. The Morgan fingerprint density at radius 1 is 1.03 bits per heavy atom. The molecule has 0 aromatic heterocycles. The van der Waals surface area contributed by atoms with E-state index in [0.29, 0.717) is 12.6 Å². The van der Waals surface area contributed by atoms with Crippen LogP contribution in [0, 0.1) is 0 Å². The summed E-state index contributed by atoms with van der Waals surface area (Å²) in [5.41, 5.74) is 1.97. The molecule has 0 spiro atoms. The SMILES string of the molecule is CC1CN(c2ccc(NC(=O)CN3CCN(C(C)C(=O)NC4CC4)CC3)cc2)CC(C)O1. The van der Waals surface area contributed by atoms with Gasteiger partial charge in [0.25, 0.3) is 0 Å². The average molecular weight is 444 g/mol. The first-order chi connectivity index (χ1) is 15.4. The molecule has 4 rings (SSSR count). The van der Waals surface area contributed by atoms with Crippen LogP contribution in [-0.2, 0) is 14.3 Å². The lowest BCUT2D eigenvalue weighted by molar-refractivity contribution is -0.127. The molecule has 1 saturated carbocycles. The second-order valence-corrected chi connectivity index (χ2v) is 9.53. The van der Waals surface area contributed by atoms with Crippen molar-refractivity contribution in [2.24, 2.45) is 0 Å². The Kier molecular flexibility index (Phi) is 7.33. The summed E-state index contributed by atoms with van der Waals surface area (Å²) in [5, 5.41) is 6.10. The minimum Gasteiger partial charge on any atom is -0.372 e. The van der Waals surface area contributed by atoms with Gasteiger partial charge in [0.05, 0.1) is 24.8 Å². The maximum Gasteiger partial charge on any atom is 0.238 e. The van der Waals surface area contributed by atoms with Gasteiger partial charge in [-0.25, -0.2) is 0 Å². The third-order valence-corrected chi connectivity index (χ3v) is 6.56. The molecule has 0 radical (unpaired) electrons. The Labute approximate surface area is 191 Å². The molecule has 2 amide bonds. The van der Waals surface area contributed by atoms with Crippen LogP contribution in [0.15, 0.2) is 24.3 Å². The molecule has 1 aliphatic carbocycles. The predicted molar refractivity (Wildman–Crippen MR) is 126 cm³/mol. The van der Waals surface area contributed by atoms with E-state index >= 15 is 0 Å². The maximum absolute atomic E-state index is 12.5. The molecular formula is C24H37N5O3. The van der Waals surface area contributed by atoms with Crippen molar-refractivity contribution in [2.45, 2.75) is 57.9 Å². The van der Waals surface area contributed by atoms with Gasteiger partial charge in [0.2, 0.25) is 11.8 Å². The molecule has 3 unspecified atom stereocenters. The van der Waals surface area contributed by atoms with E-state index in [1.54, 1.807) is 0 Å². The molecule has 1 aromatic carbocycles. The number of ether oxygens (including phenoxy) is 1. The van der Waals surface area contributed by atoms with E-state index in [2.05, 4.69) is 51.3 Å². The van der Waals surface area contributed by atoms with Crippen molar-refractivity contribution < 1.29 is 14.3 Å². The minimum absolute atomic E-state index is 0.000609. The maximum atomic E-state index is 12.5. The molecule has 3 fully saturated rings. The lowest BCUT2D eigenvalue weighted by atomic mass is 10.2. The number of amides is 2. The number of benzene rings is 1. The fourth-order valence-corrected chi connectivity index (χ4v) is 4.57. The van der Waals surface area contributed by atoms with Crippen LogP contribution in [0.5, 0.6) is 0 Å². The summed E-state index contributed by atoms with van der Waals surface area (Å²) < 4.78 is 5.81. The smallest absolute Gasteiger partial charge is 0.238 e. The normalized spacial score (nSPS) is 25.9.